The molecule has 19 heavy (non-hydrogen) atoms. The summed E-state index contributed by atoms with van der Waals surface area (Å²) < 4.78 is 76.5. The second-order valence-corrected chi connectivity index (χ2v) is 4.45. The standard InChI is InChI=1S/C7H2F6N5.Al.2H/c8-6(9,10)2-1-3(14)17-18-4(1)16-5(15-2)7(11,12)13;;;/h(H2-,14,15,16,17,18);;;/q-1;+1;;. The van der Waals surface area contributed by atoms with Gasteiger partial charge in [0.15, 0.2) is 11.3 Å². The molecule has 0 unspecified atom stereocenters. The largest absolute Gasteiger partial charge is 0.451 e. The Hall–Kier alpha value is -1.54. The second-order valence-electron chi connectivity index (χ2n) is 3.60. The Bertz CT molecular complexity index is 644. The van der Waals surface area contributed by atoms with E-state index in [1.165, 1.54) is 0 Å². The van der Waals surface area contributed by atoms with Gasteiger partial charge in [0, 0.05) is 0 Å². The molecule has 5 nitrogen and oxygen atoms in total. The van der Waals surface area contributed by atoms with Crippen LogP contribution >= 0.6 is 0 Å². The van der Waals surface area contributed by atoms with E-state index in [1.807, 2.05) is 0 Å². The van der Waals surface area contributed by atoms with Crippen LogP contribution in [-0.2, 0) is 12.4 Å². The number of fused-ring (bicyclic) bond motifs is 1. The smallest absolute Gasteiger partial charge is 0.385 e. The van der Waals surface area contributed by atoms with E-state index in [4.69, 9.17) is 5.73 Å². The summed E-state index contributed by atoms with van der Waals surface area (Å²) in [5, 5.41) is 2.75. The normalized spacial score (nSPS) is 13.2. The number of rotatable bonds is 0. The van der Waals surface area contributed by atoms with Crippen LogP contribution in [0, 0.1) is 0 Å². The van der Waals surface area contributed by atoms with Gasteiger partial charge in [-0.25, -0.2) is 9.97 Å². The zero-order valence-corrected chi connectivity index (χ0v) is 11.1. The van der Waals surface area contributed by atoms with Crippen LogP contribution in [0.3, 0.4) is 0 Å². The summed E-state index contributed by atoms with van der Waals surface area (Å²) >= 11 is 0.101. The molecule has 2 rings (SSSR count). The zero-order valence-electron chi connectivity index (χ0n) is 9.13. The molecule has 0 spiro atoms. The molecule has 12 heteroatoms. The van der Waals surface area contributed by atoms with Gasteiger partial charge in [-0.05, 0) is 0 Å². The highest BCUT2D eigenvalue weighted by Gasteiger charge is 2.42. The monoisotopic (exact) mass is 299 g/mol. The number of halogens is 6. The second kappa shape index (κ2) is 3.98. The first-order valence-corrected chi connectivity index (χ1v) is 5.56. The van der Waals surface area contributed by atoms with Gasteiger partial charge >= 0.3 is 28.9 Å². The maximum atomic E-state index is 12.7. The maximum absolute atomic E-state index is 12.7. The summed E-state index contributed by atoms with van der Waals surface area (Å²) in [5.41, 5.74) is 2.92. The van der Waals surface area contributed by atoms with Gasteiger partial charge in [0.2, 0.25) is 5.82 Å². The van der Waals surface area contributed by atoms with Gasteiger partial charge in [-0.2, -0.15) is 31.4 Å². The first-order chi connectivity index (χ1) is 8.51. The number of aromatic nitrogens is 4. The number of nitrogens with two attached hydrogens (primary N) is 1. The van der Waals surface area contributed by atoms with Crippen molar-refractivity contribution < 1.29 is 26.3 Å². The molecule has 0 aliphatic carbocycles. The Morgan fingerprint density at radius 1 is 1.00 bits per heavy atom. The number of hydrogen-bond donors (Lipinski definition) is 1. The lowest BCUT2D eigenvalue weighted by atomic mass is 10.2. The van der Waals surface area contributed by atoms with Gasteiger partial charge in [-0.1, -0.05) is 0 Å². The fourth-order valence-corrected chi connectivity index (χ4v) is 1.86. The van der Waals surface area contributed by atoms with Crippen molar-refractivity contribution in [2.75, 3.05) is 5.73 Å². The minimum Gasteiger partial charge on any atom is -0.385 e. The van der Waals surface area contributed by atoms with Crippen LogP contribution in [0.4, 0.5) is 32.2 Å². The van der Waals surface area contributed by atoms with Crippen molar-refractivity contribution in [1.82, 2.24) is 18.7 Å². The highest BCUT2D eigenvalue weighted by atomic mass is 27.1. The SMILES string of the molecule is Nc1c2c(C(F)(F)F)nc(C(F)(F)F)nc2n[n]1[AlH2]. The summed E-state index contributed by atoms with van der Waals surface area (Å²) in [6, 6.07) is 0. The summed E-state index contributed by atoms with van der Waals surface area (Å²) in [6.45, 7) is 0. The predicted molar refractivity (Wildman–Crippen MR) is 53.7 cm³/mol. The first-order valence-electron chi connectivity index (χ1n) is 4.66. The van der Waals surface area contributed by atoms with Crippen molar-refractivity contribution in [3.8, 4) is 0 Å². The molecule has 2 aromatic heterocycles. The Balaban J connectivity index is 2.89. The van der Waals surface area contributed by atoms with E-state index < -0.39 is 40.7 Å². The average molecular weight is 299 g/mol. The van der Waals surface area contributed by atoms with Crippen LogP contribution in [0.25, 0.3) is 11.0 Å². The number of hydrogen-bond acceptors (Lipinski definition) is 4. The van der Waals surface area contributed by atoms with E-state index in [-0.39, 0.29) is 16.5 Å². The van der Waals surface area contributed by atoms with Crippen molar-refractivity contribution in [2.24, 2.45) is 0 Å². The highest BCUT2D eigenvalue weighted by Crippen LogP contribution is 2.37. The molecule has 0 atom stereocenters. The van der Waals surface area contributed by atoms with Crippen molar-refractivity contribution in [3.63, 3.8) is 0 Å². The summed E-state index contributed by atoms with van der Waals surface area (Å²) in [5.74, 6) is -2.30. The highest BCUT2D eigenvalue weighted by molar-refractivity contribution is 6.10. The Morgan fingerprint density at radius 3 is 2.05 bits per heavy atom. The van der Waals surface area contributed by atoms with Crippen LogP contribution in [0.15, 0.2) is 0 Å². The van der Waals surface area contributed by atoms with E-state index >= 15 is 0 Å². The minimum atomic E-state index is -5.10. The molecule has 2 N–H and O–H groups in total. The Morgan fingerprint density at radius 2 is 1.58 bits per heavy atom. The van der Waals surface area contributed by atoms with Gasteiger partial charge in [-0.15, -0.1) is 0 Å². The fraction of sp³-hybridized carbons (Fsp3) is 0.286. The predicted octanol–water partition coefficient (Wildman–Crippen LogP) is 0.842. The minimum absolute atomic E-state index is 0.101. The third kappa shape index (κ3) is 2.33. The number of nitrogen functional groups attached to an aromatic ring is 1. The van der Waals surface area contributed by atoms with E-state index in [9.17, 15) is 26.3 Å². The van der Waals surface area contributed by atoms with Crippen LogP contribution in [0.1, 0.15) is 11.5 Å². The third-order valence-electron chi connectivity index (χ3n) is 2.26. The van der Waals surface area contributed by atoms with E-state index in [0.717, 1.165) is 3.67 Å². The molecule has 2 aromatic rings. The van der Waals surface area contributed by atoms with Gasteiger partial charge in [0.25, 0.3) is 0 Å². The molecule has 102 valence electrons. The maximum Gasteiger partial charge on any atom is 0.451 e. The summed E-state index contributed by atoms with van der Waals surface area (Å²) in [4.78, 5) is 5.52. The molecule has 2 heterocycles. The number of anilines is 1. The van der Waals surface area contributed by atoms with Gasteiger partial charge in [0.05, 0.1) is 5.39 Å². The van der Waals surface area contributed by atoms with Crippen molar-refractivity contribution in [2.45, 2.75) is 12.4 Å². The molecule has 0 fully saturated rings. The average Bonchev–Trinajstić information content (AvgIpc) is 2.51. The van der Waals surface area contributed by atoms with Crippen molar-refractivity contribution in [1.29, 1.82) is 0 Å². The zero-order chi connectivity index (χ0) is 14.6. The number of nitrogens with zero attached hydrogens (tertiary/aromatic N) is 4. The molecule has 0 saturated heterocycles. The fourth-order valence-electron chi connectivity index (χ4n) is 1.45. The lowest BCUT2D eigenvalue weighted by Crippen LogP contribution is -2.17. The van der Waals surface area contributed by atoms with E-state index in [0.29, 0.717) is 0 Å². The molecule has 0 radical (unpaired) electrons. The lowest BCUT2D eigenvalue weighted by molar-refractivity contribution is -0.151. The molecular formula is C7H4AlF6N5. The van der Waals surface area contributed by atoms with Crippen LogP contribution in [0.2, 0.25) is 0 Å². The van der Waals surface area contributed by atoms with Crippen molar-refractivity contribution in [3.05, 3.63) is 11.5 Å². The molecule has 0 saturated carbocycles. The summed E-state index contributed by atoms with van der Waals surface area (Å²) in [6.07, 6.45) is -10.2. The molecular weight excluding hydrogens is 295 g/mol. The van der Waals surface area contributed by atoms with Gasteiger partial charge in [0.1, 0.15) is 5.82 Å². The topological polar surface area (TPSA) is 69.6 Å². The van der Waals surface area contributed by atoms with Crippen LogP contribution in [-0.4, -0.2) is 35.2 Å². The van der Waals surface area contributed by atoms with Crippen LogP contribution in [0.5, 0.6) is 0 Å². The third-order valence-corrected chi connectivity index (χ3v) is 2.94. The molecule has 0 aliphatic rings. The Kier molecular flexibility index (Phi) is 2.91. The summed E-state index contributed by atoms with van der Waals surface area (Å²) in [7, 11) is 0. The van der Waals surface area contributed by atoms with E-state index in [2.05, 4.69) is 15.1 Å². The van der Waals surface area contributed by atoms with Crippen molar-refractivity contribution >= 4 is 33.4 Å². The molecule has 0 bridgehead atoms. The lowest BCUT2D eigenvalue weighted by Gasteiger charge is -2.10. The quantitative estimate of drug-likeness (QED) is 0.578. The van der Waals surface area contributed by atoms with Crippen LogP contribution < -0.4 is 5.73 Å². The van der Waals surface area contributed by atoms with Gasteiger partial charge in [-0.3, -0.25) is 0 Å². The first kappa shape index (κ1) is 13.9. The molecule has 0 amide bonds. The van der Waals surface area contributed by atoms with Gasteiger partial charge < -0.3 is 9.40 Å². The Labute approximate surface area is 109 Å². The molecule has 0 aromatic carbocycles. The van der Waals surface area contributed by atoms with E-state index in [1.54, 1.807) is 0 Å². The number of alkyl halides is 6. The molecule has 0 aliphatic heterocycles.